The molecule has 0 unspecified atom stereocenters. The van der Waals surface area contributed by atoms with E-state index in [4.69, 9.17) is 9.47 Å². The summed E-state index contributed by atoms with van der Waals surface area (Å²) in [4.78, 5) is 16.2. The molecule has 158 valence electrons. The molecule has 0 fully saturated rings. The number of carbonyl (C=O) groups is 1. The van der Waals surface area contributed by atoms with Gasteiger partial charge in [-0.25, -0.2) is 13.2 Å². The maximum atomic E-state index is 12.7. The molecule has 10 nitrogen and oxygen atoms in total. The second kappa shape index (κ2) is 8.40. The van der Waals surface area contributed by atoms with Gasteiger partial charge in [-0.2, -0.15) is 0 Å². The topological polar surface area (TPSA) is 136 Å². The van der Waals surface area contributed by atoms with Gasteiger partial charge in [0, 0.05) is 11.6 Å². The van der Waals surface area contributed by atoms with Crippen LogP contribution in [0.4, 0.5) is 0 Å². The SMILES string of the molecule is O=C(OCCOc1no[n+]([O-])c1S(=O)(=O)c1ccccc1)c1ccnc2ccccc12. The zero-order valence-corrected chi connectivity index (χ0v) is 16.7. The number of pyridine rings is 1. The molecule has 0 saturated carbocycles. The molecule has 4 rings (SSSR count). The van der Waals surface area contributed by atoms with E-state index in [-0.39, 0.29) is 23.0 Å². The summed E-state index contributed by atoms with van der Waals surface area (Å²) < 4.78 is 40.2. The van der Waals surface area contributed by atoms with Crippen molar-refractivity contribution in [1.82, 2.24) is 10.1 Å². The van der Waals surface area contributed by atoms with Crippen molar-refractivity contribution in [3.05, 3.63) is 77.6 Å². The number of esters is 1. The zero-order chi connectivity index (χ0) is 21.8. The van der Waals surface area contributed by atoms with Crippen LogP contribution in [0.3, 0.4) is 0 Å². The molecule has 11 heteroatoms. The highest BCUT2D eigenvalue weighted by molar-refractivity contribution is 7.91. The van der Waals surface area contributed by atoms with E-state index in [0.29, 0.717) is 16.5 Å². The minimum atomic E-state index is -4.22. The smallest absolute Gasteiger partial charge is 0.415 e. The molecule has 0 atom stereocenters. The van der Waals surface area contributed by atoms with Crippen molar-refractivity contribution < 1.29 is 32.2 Å². The molecule has 2 aromatic carbocycles. The Morgan fingerprint density at radius 2 is 1.77 bits per heavy atom. The Morgan fingerprint density at radius 3 is 2.58 bits per heavy atom. The van der Waals surface area contributed by atoms with Gasteiger partial charge < -0.3 is 14.7 Å². The largest absolute Gasteiger partial charge is 0.458 e. The zero-order valence-electron chi connectivity index (χ0n) is 15.9. The summed E-state index contributed by atoms with van der Waals surface area (Å²) >= 11 is 0. The van der Waals surface area contributed by atoms with Crippen molar-refractivity contribution in [2.45, 2.75) is 9.92 Å². The highest BCUT2D eigenvalue weighted by atomic mass is 32.2. The highest BCUT2D eigenvalue weighted by Gasteiger charge is 2.35. The molecule has 2 heterocycles. The molecule has 0 aliphatic carbocycles. The molecule has 31 heavy (non-hydrogen) atoms. The maximum Gasteiger partial charge on any atom is 0.415 e. The summed E-state index contributed by atoms with van der Waals surface area (Å²) in [6, 6.07) is 16.0. The van der Waals surface area contributed by atoms with Gasteiger partial charge in [0.25, 0.3) is 9.84 Å². The minimum Gasteiger partial charge on any atom is -0.458 e. The van der Waals surface area contributed by atoms with Gasteiger partial charge in [0.05, 0.1) is 21.1 Å². The summed E-state index contributed by atoms with van der Waals surface area (Å²) in [5, 5.41) is 15.0. The average molecular weight is 441 g/mol. The van der Waals surface area contributed by atoms with Gasteiger partial charge in [0.2, 0.25) is 0 Å². The fraction of sp³-hybridized carbons (Fsp3) is 0.100. The number of benzene rings is 2. The van der Waals surface area contributed by atoms with Crippen LogP contribution in [-0.4, -0.2) is 37.7 Å². The van der Waals surface area contributed by atoms with Crippen molar-refractivity contribution in [2.75, 3.05) is 13.2 Å². The number of fused-ring (bicyclic) bond motifs is 1. The molecular weight excluding hydrogens is 426 g/mol. The minimum absolute atomic E-state index is 0.122. The van der Waals surface area contributed by atoms with E-state index in [1.165, 1.54) is 36.5 Å². The van der Waals surface area contributed by atoms with E-state index in [1.807, 2.05) is 0 Å². The van der Waals surface area contributed by atoms with Crippen LogP contribution in [0.15, 0.2) is 81.4 Å². The Hall–Kier alpha value is -3.99. The Morgan fingerprint density at radius 1 is 1.03 bits per heavy atom. The number of carbonyl (C=O) groups excluding carboxylic acids is 1. The average Bonchev–Trinajstić information content (AvgIpc) is 3.17. The first-order valence-electron chi connectivity index (χ1n) is 9.02. The molecule has 0 saturated heterocycles. The molecule has 0 bridgehead atoms. The summed E-state index contributed by atoms with van der Waals surface area (Å²) in [7, 11) is -4.22. The molecule has 0 aliphatic rings. The van der Waals surface area contributed by atoms with Crippen LogP contribution in [0, 0.1) is 5.21 Å². The van der Waals surface area contributed by atoms with Crippen LogP contribution in [0.25, 0.3) is 10.9 Å². The van der Waals surface area contributed by atoms with Crippen LogP contribution in [0.2, 0.25) is 0 Å². The van der Waals surface area contributed by atoms with Gasteiger partial charge in [0.15, 0.2) is 0 Å². The van der Waals surface area contributed by atoms with Crippen LogP contribution in [0.5, 0.6) is 5.88 Å². The molecule has 2 aromatic heterocycles. The third-order valence-corrected chi connectivity index (χ3v) is 6.00. The molecule has 0 radical (unpaired) electrons. The second-order valence-electron chi connectivity index (χ2n) is 6.22. The van der Waals surface area contributed by atoms with E-state index >= 15 is 0 Å². The summed E-state index contributed by atoms with van der Waals surface area (Å²) in [5.74, 6) is -1.12. The van der Waals surface area contributed by atoms with Crippen molar-refractivity contribution >= 4 is 26.7 Å². The highest BCUT2D eigenvalue weighted by Crippen LogP contribution is 2.25. The third kappa shape index (κ3) is 4.03. The lowest BCUT2D eigenvalue weighted by atomic mass is 10.1. The van der Waals surface area contributed by atoms with Crippen molar-refractivity contribution in [2.24, 2.45) is 0 Å². The summed E-state index contributed by atoms with van der Waals surface area (Å²) in [5.41, 5.74) is 0.975. The lowest BCUT2D eigenvalue weighted by molar-refractivity contribution is -0.832. The number of rotatable bonds is 7. The Kier molecular flexibility index (Phi) is 5.50. The van der Waals surface area contributed by atoms with E-state index in [1.54, 1.807) is 30.3 Å². The first kappa shape index (κ1) is 20.3. The van der Waals surface area contributed by atoms with Crippen LogP contribution >= 0.6 is 0 Å². The number of para-hydroxylation sites is 1. The lowest BCUT2D eigenvalue weighted by Crippen LogP contribution is -2.31. The van der Waals surface area contributed by atoms with Gasteiger partial charge in [-0.3, -0.25) is 9.61 Å². The number of hydrogen-bond acceptors (Lipinski definition) is 9. The lowest BCUT2D eigenvalue weighted by Gasteiger charge is -2.07. The fourth-order valence-electron chi connectivity index (χ4n) is 2.87. The number of ether oxygens (including phenoxy) is 2. The number of nitrogens with zero attached hydrogens (tertiary/aromatic N) is 3. The monoisotopic (exact) mass is 441 g/mol. The summed E-state index contributed by atoms with van der Waals surface area (Å²) in [6.07, 6.45) is 1.50. The second-order valence-corrected chi connectivity index (χ2v) is 8.08. The molecular formula is C20H15N3O7S. The predicted octanol–water partition coefficient (Wildman–Crippen LogP) is 1.92. The van der Waals surface area contributed by atoms with E-state index in [9.17, 15) is 18.4 Å². The van der Waals surface area contributed by atoms with Crippen molar-refractivity contribution in [3.63, 3.8) is 0 Å². The summed E-state index contributed by atoms with van der Waals surface area (Å²) in [6.45, 7) is -0.468. The molecule has 0 spiro atoms. The normalized spacial score (nSPS) is 11.4. The quantitative estimate of drug-likeness (QED) is 0.239. The molecule has 0 N–H and O–H groups in total. The van der Waals surface area contributed by atoms with Gasteiger partial charge >= 0.3 is 16.9 Å². The van der Waals surface area contributed by atoms with E-state index in [2.05, 4.69) is 14.8 Å². The number of sulfone groups is 1. The van der Waals surface area contributed by atoms with Crippen LogP contribution < -0.4 is 9.64 Å². The molecule has 0 amide bonds. The first-order valence-corrected chi connectivity index (χ1v) is 10.5. The Bertz CT molecular complexity index is 1330. The maximum absolute atomic E-state index is 12.7. The standard InChI is InChI=1S/C20H15N3O7S/c24-20(16-10-11-21-17-9-5-4-8-15(16)17)29-13-12-28-18-19(23(25)30-22-18)31(26,27)14-6-2-1-3-7-14/h1-11H,12-13H2. The van der Waals surface area contributed by atoms with Crippen LogP contribution in [0.1, 0.15) is 10.4 Å². The van der Waals surface area contributed by atoms with Gasteiger partial charge in [-0.05, 0) is 29.2 Å². The van der Waals surface area contributed by atoms with Gasteiger partial charge in [0.1, 0.15) is 13.2 Å². The van der Waals surface area contributed by atoms with E-state index in [0.717, 1.165) is 0 Å². The Labute approximate surface area is 176 Å². The number of aromatic nitrogens is 3. The predicted molar refractivity (Wildman–Crippen MR) is 105 cm³/mol. The van der Waals surface area contributed by atoms with Crippen molar-refractivity contribution in [1.29, 1.82) is 0 Å². The van der Waals surface area contributed by atoms with Crippen molar-refractivity contribution in [3.8, 4) is 5.88 Å². The van der Waals surface area contributed by atoms with Gasteiger partial charge in [-0.1, -0.05) is 36.4 Å². The molecule has 4 aromatic rings. The van der Waals surface area contributed by atoms with Crippen LogP contribution in [-0.2, 0) is 14.6 Å². The first-order chi connectivity index (χ1) is 15.0. The van der Waals surface area contributed by atoms with Gasteiger partial charge in [-0.15, -0.1) is 0 Å². The molecule has 0 aliphatic heterocycles. The Balaban J connectivity index is 1.44. The number of hydrogen-bond donors (Lipinski definition) is 0. The van der Waals surface area contributed by atoms with E-state index < -0.39 is 26.7 Å². The fourth-order valence-corrected chi connectivity index (χ4v) is 4.16. The third-order valence-electron chi connectivity index (χ3n) is 4.28.